The lowest BCUT2D eigenvalue weighted by Crippen LogP contribution is -2.44. The molecule has 0 saturated carbocycles. The predicted molar refractivity (Wildman–Crippen MR) is 97.0 cm³/mol. The van der Waals surface area contributed by atoms with Crippen molar-refractivity contribution in [3.8, 4) is 0 Å². The van der Waals surface area contributed by atoms with Gasteiger partial charge in [0.1, 0.15) is 0 Å². The van der Waals surface area contributed by atoms with Gasteiger partial charge in [-0.25, -0.2) is 0 Å². The second-order valence-electron chi connectivity index (χ2n) is 5.75. The fourth-order valence-corrected chi connectivity index (χ4v) is 2.72. The number of carbonyl (C=O) groups excluding carboxylic acids is 1. The number of nitrogens with zero attached hydrogens (tertiary/aromatic N) is 1. The summed E-state index contributed by atoms with van der Waals surface area (Å²) in [7, 11) is 0. The van der Waals surface area contributed by atoms with E-state index in [1.807, 2.05) is 24.3 Å². The summed E-state index contributed by atoms with van der Waals surface area (Å²) in [6.45, 7) is 5.36. The summed E-state index contributed by atoms with van der Waals surface area (Å²) in [6, 6.07) is 7.68. The predicted octanol–water partition coefficient (Wildman–Crippen LogP) is 2.65. The minimum absolute atomic E-state index is 0. The molecule has 1 unspecified atom stereocenters. The fourth-order valence-electron chi connectivity index (χ4n) is 2.72. The third-order valence-electron chi connectivity index (χ3n) is 3.73. The molecular weight excluding hydrogens is 321 g/mol. The summed E-state index contributed by atoms with van der Waals surface area (Å²) in [5, 5.41) is 3.08. The molecule has 1 amide bonds. The zero-order chi connectivity index (χ0) is 14.4. The maximum absolute atomic E-state index is 12.0. The van der Waals surface area contributed by atoms with Crippen molar-refractivity contribution in [1.82, 2.24) is 10.2 Å². The number of hydrogen-bond acceptors (Lipinski definition) is 3. The first-order valence-corrected chi connectivity index (χ1v) is 7.49. The molecular formula is C16H27Cl2N3O. The Kier molecular flexibility index (Phi) is 10.2. The quantitative estimate of drug-likeness (QED) is 0.805. The number of nitrogens with two attached hydrogens (primary N) is 1. The van der Waals surface area contributed by atoms with E-state index in [4.69, 9.17) is 5.73 Å². The molecule has 1 aromatic rings. The second-order valence-corrected chi connectivity index (χ2v) is 5.75. The lowest BCUT2D eigenvalue weighted by atomic mass is 10.1. The van der Waals surface area contributed by atoms with Gasteiger partial charge in [0.15, 0.2) is 0 Å². The molecule has 22 heavy (non-hydrogen) atoms. The normalized spacial score (nSPS) is 16.0. The SMILES string of the molecule is CC(CN1CCCCC1)NC(=O)Cc1ccc(N)cc1.Cl.Cl. The molecule has 1 aromatic carbocycles. The number of likely N-dealkylation sites (tertiary alicyclic amines) is 1. The van der Waals surface area contributed by atoms with E-state index in [1.165, 1.54) is 19.3 Å². The third kappa shape index (κ3) is 7.34. The van der Waals surface area contributed by atoms with Crippen molar-refractivity contribution >= 4 is 36.4 Å². The first kappa shape index (κ1) is 21.0. The average Bonchev–Trinajstić information content (AvgIpc) is 2.42. The average molecular weight is 348 g/mol. The summed E-state index contributed by atoms with van der Waals surface area (Å²) in [5.74, 6) is 0.0827. The monoisotopic (exact) mass is 347 g/mol. The van der Waals surface area contributed by atoms with E-state index in [-0.39, 0.29) is 36.8 Å². The Labute approximate surface area is 145 Å². The first-order valence-electron chi connectivity index (χ1n) is 7.49. The van der Waals surface area contributed by atoms with E-state index in [0.717, 1.165) is 30.9 Å². The number of benzene rings is 1. The molecule has 1 atom stereocenters. The van der Waals surface area contributed by atoms with Crippen molar-refractivity contribution in [2.75, 3.05) is 25.4 Å². The summed E-state index contributed by atoms with van der Waals surface area (Å²) in [4.78, 5) is 14.4. The molecule has 1 aliphatic rings. The van der Waals surface area contributed by atoms with Crippen molar-refractivity contribution in [2.45, 2.75) is 38.6 Å². The zero-order valence-electron chi connectivity index (χ0n) is 13.1. The number of piperidine rings is 1. The molecule has 1 saturated heterocycles. The third-order valence-corrected chi connectivity index (χ3v) is 3.73. The van der Waals surface area contributed by atoms with E-state index in [1.54, 1.807) is 0 Å². The standard InChI is InChI=1S/C16H25N3O.2ClH/c1-13(12-19-9-3-2-4-10-19)18-16(20)11-14-5-7-15(17)8-6-14;;/h5-8,13H,2-4,9-12,17H2,1H3,(H,18,20);2*1H. The van der Waals surface area contributed by atoms with Crippen molar-refractivity contribution in [2.24, 2.45) is 0 Å². The number of anilines is 1. The van der Waals surface area contributed by atoms with Crippen LogP contribution in [0.15, 0.2) is 24.3 Å². The highest BCUT2D eigenvalue weighted by Crippen LogP contribution is 2.09. The van der Waals surface area contributed by atoms with Crippen molar-refractivity contribution in [1.29, 1.82) is 0 Å². The molecule has 1 heterocycles. The summed E-state index contributed by atoms with van der Waals surface area (Å²) >= 11 is 0. The summed E-state index contributed by atoms with van der Waals surface area (Å²) < 4.78 is 0. The fraction of sp³-hybridized carbons (Fsp3) is 0.562. The van der Waals surface area contributed by atoms with Gasteiger partial charge in [-0.15, -0.1) is 24.8 Å². The number of nitrogens with one attached hydrogen (secondary N) is 1. The van der Waals surface area contributed by atoms with Gasteiger partial charge in [0.05, 0.1) is 6.42 Å². The maximum Gasteiger partial charge on any atom is 0.224 e. The van der Waals surface area contributed by atoms with Crippen LogP contribution in [0.2, 0.25) is 0 Å². The van der Waals surface area contributed by atoms with Crippen LogP contribution in [-0.4, -0.2) is 36.5 Å². The van der Waals surface area contributed by atoms with Crippen LogP contribution in [0, 0.1) is 0 Å². The molecule has 0 bridgehead atoms. The smallest absolute Gasteiger partial charge is 0.224 e. The van der Waals surface area contributed by atoms with Gasteiger partial charge in [0, 0.05) is 18.3 Å². The Morgan fingerprint density at radius 2 is 1.77 bits per heavy atom. The van der Waals surface area contributed by atoms with Crippen LogP contribution in [0.1, 0.15) is 31.7 Å². The van der Waals surface area contributed by atoms with Gasteiger partial charge in [-0.2, -0.15) is 0 Å². The molecule has 0 spiro atoms. The van der Waals surface area contributed by atoms with Crippen molar-refractivity contribution < 1.29 is 4.79 Å². The molecule has 4 nitrogen and oxygen atoms in total. The van der Waals surface area contributed by atoms with E-state index < -0.39 is 0 Å². The lowest BCUT2D eigenvalue weighted by molar-refractivity contribution is -0.121. The van der Waals surface area contributed by atoms with Crippen LogP contribution in [0.25, 0.3) is 0 Å². The Balaban J connectivity index is 0.00000220. The zero-order valence-corrected chi connectivity index (χ0v) is 14.7. The van der Waals surface area contributed by atoms with Crippen LogP contribution in [0.4, 0.5) is 5.69 Å². The van der Waals surface area contributed by atoms with Crippen LogP contribution in [-0.2, 0) is 11.2 Å². The summed E-state index contributed by atoms with van der Waals surface area (Å²) in [6.07, 6.45) is 4.33. The Morgan fingerprint density at radius 3 is 2.36 bits per heavy atom. The number of nitrogen functional groups attached to an aromatic ring is 1. The molecule has 126 valence electrons. The lowest BCUT2D eigenvalue weighted by Gasteiger charge is -2.29. The summed E-state index contributed by atoms with van der Waals surface area (Å²) in [5.41, 5.74) is 7.37. The maximum atomic E-state index is 12.0. The Hall–Kier alpha value is -0.970. The van der Waals surface area contributed by atoms with Crippen LogP contribution < -0.4 is 11.1 Å². The van der Waals surface area contributed by atoms with Crippen molar-refractivity contribution in [3.05, 3.63) is 29.8 Å². The van der Waals surface area contributed by atoms with E-state index in [0.29, 0.717) is 6.42 Å². The van der Waals surface area contributed by atoms with Crippen LogP contribution in [0.5, 0.6) is 0 Å². The highest BCUT2D eigenvalue weighted by atomic mass is 35.5. The largest absolute Gasteiger partial charge is 0.399 e. The van der Waals surface area contributed by atoms with E-state index >= 15 is 0 Å². The molecule has 0 aromatic heterocycles. The minimum atomic E-state index is 0. The molecule has 3 N–H and O–H groups in total. The van der Waals surface area contributed by atoms with Crippen molar-refractivity contribution in [3.63, 3.8) is 0 Å². The van der Waals surface area contributed by atoms with Gasteiger partial charge in [-0.1, -0.05) is 18.6 Å². The number of carbonyl (C=O) groups is 1. The molecule has 0 aliphatic carbocycles. The van der Waals surface area contributed by atoms with E-state index in [2.05, 4.69) is 17.1 Å². The number of halogens is 2. The number of amides is 1. The van der Waals surface area contributed by atoms with Gasteiger partial charge < -0.3 is 16.0 Å². The van der Waals surface area contributed by atoms with Gasteiger partial charge in [-0.3, -0.25) is 4.79 Å². The second kappa shape index (κ2) is 10.7. The molecule has 2 rings (SSSR count). The first-order chi connectivity index (χ1) is 9.63. The molecule has 6 heteroatoms. The Morgan fingerprint density at radius 1 is 1.18 bits per heavy atom. The van der Waals surface area contributed by atoms with Gasteiger partial charge >= 0.3 is 0 Å². The van der Waals surface area contributed by atoms with Gasteiger partial charge in [-0.05, 0) is 50.6 Å². The highest BCUT2D eigenvalue weighted by Gasteiger charge is 2.14. The van der Waals surface area contributed by atoms with Gasteiger partial charge in [0.25, 0.3) is 0 Å². The molecule has 0 radical (unpaired) electrons. The number of hydrogen-bond donors (Lipinski definition) is 2. The van der Waals surface area contributed by atoms with Crippen LogP contribution >= 0.6 is 24.8 Å². The molecule has 1 fully saturated rings. The van der Waals surface area contributed by atoms with Crippen LogP contribution in [0.3, 0.4) is 0 Å². The number of rotatable bonds is 5. The topological polar surface area (TPSA) is 58.4 Å². The molecule has 1 aliphatic heterocycles. The minimum Gasteiger partial charge on any atom is -0.399 e. The highest BCUT2D eigenvalue weighted by molar-refractivity contribution is 5.85. The van der Waals surface area contributed by atoms with Gasteiger partial charge in [0.2, 0.25) is 5.91 Å². The van der Waals surface area contributed by atoms with E-state index in [9.17, 15) is 4.79 Å². The Bertz CT molecular complexity index is 434.